The summed E-state index contributed by atoms with van der Waals surface area (Å²) in [5.74, 6) is 0.138. The molecule has 1 amide bonds. The standard InChI is InChI=1S/C23H25N3O5S2/c1-16-7-10-19(11-8-16)33(28,29)26(20-12-9-18(30-3)14-21(20)31-4)15-23(27)25-24-17(2)22-6-5-13-32-22/h5-14H,15H2,1-4H3,(H,25,27)/b24-17-. The molecule has 2 aromatic carbocycles. The van der Waals surface area contributed by atoms with Crippen LogP contribution in [0.4, 0.5) is 5.69 Å². The highest BCUT2D eigenvalue weighted by Gasteiger charge is 2.29. The molecule has 0 aliphatic heterocycles. The molecule has 0 unspecified atom stereocenters. The van der Waals surface area contributed by atoms with Crippen LogP contribution in [0.25, 0.3) is 0 Å². The van der Waals surface area contributed by atoms with E-state index in [4.69, 9.17) is 9.47 Å². The summed E-state index contributed by atoms with van der Waals surface area (Å²) in [6.45, 7) is 3.13. The van der Waals surface area contributed by atoms with Crippen LogP contribution in [-0.4, -0.2) is 40.8 Å². The number of methoxy groups -OCH3 is 2. The summed E-state index contributed by atoms with van der Waals surface area (Å²) in [6, 6.07) is 14.9. The van der Waals surface area contributed by atoms with Crippen molar-refractivity contribution < 1.29 is 22.7 Å². The molecule has 3 rings (SSSR count). The summed E-state index contributed by atoms with van der Waals surface area (Å²) in [5, 5.41) is 6.01. The SMILES string of the molecule is COc1ccc(N(CC(=O)N/N=C(/C)c2cccs2)S(=O)(=O)c2ccc(C)cc2)c(OC)c1. The number of carbonyl (C=O) groups is 1. The molecule has 1 N–H and O–H groups in total. The number of nitrogens with one attached hydrogen (secondary N) is 1. The molecule has 0 radical (unpaired) electrons. The van der Waals surface area contributed by atoms with E-state index >= 15 is 0 Å². The lowest BCUT2D eigenvalue weighted by Gasteiger charge is -2.25. The minimum Gasteiger partial charge on any atom is -0.497 e. The van der Waals surface area contributed by atoms with Gasteiger partial charge in [0.1, 0.15) is 18.0 Å². The van der Waals surface area contributed by atoms with Crippen molar-refractivity contribution in [2.75, 3.05) is 25.1 Å². The maximum atomic E-state index is 13.6. The molecule has 0 spiro atoms. The molecule has 1 heterocycles. The van der Waals surface area contributed by atoms with Crippen molar-refractivity contribution >= 4 is 38.7 Å². The second-order valence-corrected chi connectivity index (χ2v) is 9.88. The fraction of sp³-hybridized carbons (Fsp3) is 0.217. The zero-order valence-electron chi connectivity index (χ0n) is 18.7. The van der Waals surface area contributed by atoms with Crippen LogP contribution in [0, 0.1) is 6.92 Å². The van der Waals surface area contributed by atoms with E-state index in [-0.39, 0.29) is 16.3 Å². The first kappa shape index (κ1) is 24.3. The number of amides is 1. The van der Waals surface area contributed by atoms with Crippen LogP contribution in [0.15, 0.2) is 70.0 Å². The molecule has 0 bridgehead atoms. The number of hydrazone groups is 1. The number of benzene rings is 2. The van der Waals surface area contributed by atoms with Crippen molar-refractivity contribution in [2.24, 2.45) is 5.10 Å². The maximum absolute atomic E-state index is 13.6. The number of nitrogens with zero attached hydrogens (tertiary/aromatic N) is 2. The number of anilines is 1. The zero-order chi connectivity index (χ0) is 24.0. The monoisotopic (exact) mass is 487 g/mol. The van der Waals surface area contributed by atoms with Gasteiger partial charge >= 0.3 is 0 Å². The molecule has 0 atom stereocenters. The van der Waals surface area contributed by atoms with Crippen molar-refractivity contribution in [2.45, 2.75) is 18.7 Å². The van der Waals surface area contributed by atoms with Crippen molar-refractivity contribution in [3.05, 3.63) is 70.4 Å². The number of aryl methyl sites for hydroxylation is 1. The highest BCUT2D eigenvalue weighted by molar-refractivity contribution is 7.92. The van der Waals surface area contributed by atoms with E-state index in [2.05, 4.69) is 10.5 Å². The van der Waals surface area contributed by atoms with Gasteiger partial charge in [0.15, 0.2) is 0 Å². The van der Waals surface area contributed by atoms with Crippen molar-refractivity contribution in [1.82, 2.24) is 5.43 Å². The average Bonchev–Trinajstić information content (AvgIpc) is 3.36. The van der Waals surface area contributed by atoms with Gasteiger partial charge in [-0.25, -0.2) is 13.8 Å². The zero-order valence-corrected chi connectivity index (χ0v) is 20.4. The van der Waals surface area contributed by atoms with E-state index in [1.165, 1.54) is 43.8 Å². The van der Waals surface area contributed by atoms with Gasteiger partial charge < -0.3 is 9.47 Å². The molecule has 0 fully saturated rings. The Bertz CT molecular complexity index is 1240. The van der Waals surface area contributed by atoms with Crippen LogP contribution in [0.2, 0.25) is 0 Å². The van der Waals surface area contributed by atoms with Crippen molar-refractivity contribution in [3.63, 3.8) is 0 Å². The van der Waals surface area contributed by atoms with Crippen LogP contribution in [0.3, 0.4) is 0 Å². The minimum atomic E-state index is -4.09. The first-order valence-corrected chi connectivity index (χ1v) is 12.3. The lowest BCUT2D eigenvalue weighted by Crippen LogP contribution is -2.40. The van der Waals surface area contributed by atoms with Gasteiger partial charge in [-0.3, -0.25) is 9.10 Å². The van der Waals surface area contributed by atoms with Gasteiger partial charge in [0.2, 0.25) is 0 Å². The van der Waals surface area contributed by atoms with Gasteiger partial charge in [0, 0.05) is 10.9 Å². The number of hydrogen-bond acceptors (Lipinski definition) is 7. The maximum Gasteiger partial charge on any atom is 0.264 e. The van der Waals surface area contributed by atoms with Crippen molar-refractivity contribution in [1.29, 1.82) is 0 Å². The second-order valence-electron chi connectivity index (χ2n) is 7.07. The predicted octanol–water partition coefficient (Wildman–Crippen LogP) is 3.81. The second kappa shape index (κ2) is 10.5. The Morgan fingerprint density at radius 1 is 1.09 bits per heavy atom. The largest absolute Gasteiger partial charge is 0.497 e. The Morgan fingerprint density at radius 2 is 1.82 bits per heavy atom. The van der Waals surface area contributed by atoms with E-state index in [9.17, 15) is 13.2 Å². The van der Waals surface area contributed by atoms with Gasteiger partial charge in [-0.2, -0.15) is 5.10 Å². The molecule has 33 heavy (non-hydrogen) atoms. The molecule has 8 nitrogen and oxygen atoms in total. The number of rotatable bonds is 9. The molecule has 174 valence electrons. The first-order valence-electron chi connectivity index (χ1n) is 9.94. The van der Waals surface area contributed by atoms with E-state index in [1.807, 2.05) is 24.4 Å². The van der Waals surface area contributed by atoms with E-state index in [0.717, 1.165) is 14.7 Å². The van der Waals surface area contributed by atoms with Crippen molar-refractivity contribution in [3.8, 4) is 11.5 Å². The third-order valence-electron chi connectivity index (χ3n) is 4.78. The lowest BCUT2D eigenvalue weighted by molar-refractivity contribution is -0.119. The van der Waals surface area contributed by atoms with E-state index < -0.39 is 22.5 Å². The number of ether oxygens (including phenoxy) is 2. The number of thiophene rings is 1. The number of hydrogen-bond donors (Lipinski definition) is 1. The molecule has 3 aromatic rings. The molecule has 0 saturated carbocycles. The third kappa shape index (κ3) is 5.71. The van der Waals surface area contributed by atoms with E-state index in [1.54, 1.807) is 31.2 Å². The summed E-state index contributed by atoms with van der Waals surface area (Å²) < 4.78 is 38.7. The van der Waals surface area contributed by atoms with Gasteiger partial charge in [0.05, 0.1) is 30.5 Å². The molecule has 0 aliphatic rings. The Hall–Kier alpha value is -3.37. The normalized spacial score (nSPS) is 11.7. The molecular formula is C23H25N3O5S2. The number of sulfonamides is 1. The first-order chi connectivity index (χ1) is 15.8. The summed E-state index contributed by atoms with van der Waals surface area (Å²) in [4.78, 5) is 13.7. The number of carbonyl (C=O) groups excluding carboxylic acids is 1. The molecule has 1 aromatic heterocycles. The average molecular weight is 488 g/mol. The highest BCUT2D eigenvalue weighted by Crippen LogP contribution is 2.35. The Kier molecular flexibility index (Phi) is 7.72. The topological polar surface area (TPSA) is 97.3 Å². The smallest absolute Gasteiger partial charge is 0.264 e. The summed E-state index contributed by atoms with van der Waals surface area (Å²) in [6.07, 6.45) is 0. The Labute approximate surface area is 197 Å². The van der Waals surface area contributed by atoms with Crippen LogP contribution in [-0.2, 0) is 14.8 Å². The van der Waals surface area contributed by atoms with Gasteiger partial charge in [0.25, 0.3) is 15.9 Å². The molecular weight excluding hydrogens is 462 g/mol. The Balaban J connectivity index is 1.98. The van der Waals surface area contributed by atoms with Crippen LogP contribution in [0.1, 0.15) is 17.4 Å². The summed E-state index contributed by atoms with van der Waals surface area (Å²) >= 11 is 1.49. The van der Waals surface area contributed by atoms with Gasteiger partial charge in [-0.05, 0) is 49.6 Å². The fourth-order valence-corrected chi connectivity index (χ4v) is 5.09. The summed E-state index contributed by atoms with van der Waals surface area (Å²) in [5.41, 5.74) is 4.18. The predicted molar refractivity (Wildman–Crippen MR) is 130 cm³/mol. The quantitative estimate of drug-likeness (QED) is 0.366. The highest BCUT2D eigenvalue weighted by atomic mass is 32.2. The van der Waals surface area contributed by atoms with E-state index in [0.29, 0.717) is 11.5 Å². The molecule has 0 aliphatic carbocycles. The van der Waals surface area contributed by atoms with Gasteiger partial charge in [-0.1, -0.05) is 23.8 Å². The lowest BCUT2D eigenvalue weighted by atomic mass is 10.2. The van der Waals surface area contributed by atoms with Gasteiger partial charge in [-0.15, -0.1) is 11.3 Å². The summed E-state index contributed by atoms with van der Waals surface area (Å²) in [7, 11) is -1.18. The fourth-order valence-electron chi connectivity index (χ4n) is 2.98. The van der Waals surface area contributed by atoms with Crippen LogP contribution >= 0.6 is 11.3 Å². The minimum absolute atomic E-state index is 0.0528. The van der Waals surface area contributed by atoms with Crippen LogP contribution < -0.4 is 19.2 Å². The molecule has 10 heteroatoms. The third-order valence-corrected chi connectivity index (χ3v) is 7.53. The Morgan fingerprint density at radius 3 is 2.42 bits per heavy atom. The molecule has 0 saturated heterocycles. The van der Waals surface area contributed by atoms with Crippen LogP contribution in [0.5, 0.6) is 11.5 Å².